The molecule has 1 aromatic carbocycles. The standard InChI is InChI=1S/C13H21N5O3S/c1-9-4-6-10(7-5-9)22(20,21)18-13(16)17-8-2-3-11(14)12(15)19/h4-7,11H,2-3,8,14H2,1H3,(H2,15,19)(H3,16,17,18)/t11-/m0/s1. The summed E-state index contributed by atoms with van der Waals surface area (Å²) < 4.78 is 26.2. The number of benzene rings is 1. The third kappa shape index (κ3) is 5.70. The number of carbonyl (C=O) groups is 1. The van der Waals surface area contributed by atoms with Gasteiger partial charge in [-0.15, -0.1) is 0 Å². The van der Waals surface area contributed by atoms with Crippen LogP contribution >= 0.6 is 0 Å². The third-order valence-electron chi connectivity index (χ3n) is 2.89. The molecule has 0 saturated carbocycles. The molecule has 1 amide bonds. The number of rotatable bonds is 7. The summed E-state index contributed by atoms with van der Waals surface area (Å²) in [6.07, 6.45) is 0.827. The Labute approximate surface area is 129 Å². The molecule has 9 heteroatoms. The number of hydrogen-bond acceptors (Lipinski definition) is 5. The first kappa shape index (κ1) is 17.9. The van der Waals surface area contributed by atoms with Gasteiger partial charge in [-0.1, -0.05) is 17.7 Å². The Balaban J connectivity index is 2.56. The molecule has 0 unspecified atom stereocenters. The Hall–Kier alpha value is -2.13. The van der Waals surface area contributed by atoms with Gasteiger partial charge in [0.05, 0.1) is 10.9 Å². The Morgan fingerprint density at radius 1 is 1.27 bits per heavy atom. The summed E-state index contributed by atoms with van der Waals surface area (Å²) >= 11 is 0. The smallest absolute Gasteiger partial charge is 0.264 e. The van der Waals surface area contributed by atoms with E-state index in [0.29, 0.717) is 12.8 Å². The van der Waals surface area contributed by atoms with Gasteiger partial charge in [0, 0.05) is 6.54 Å². The van der Waals surface area contributed by atoms with Crippen LogP contribution in [0.5, 0.6) is 0 Å². The van der Waals surface area contributed by atoms with Gasteiger partial charge < -0.3 is 17.2 Å². The zero-order valence-electron chi connectivity index (χ0n) is 12.3. The highest BCUT2D eigenvalue weighted by molar-refractivity contribution is 7.90. The van der Waals surface area contributed by atoms with Gasteiger partial charge in [-0.05, 0) is 31.9 Å². The Morgan fingerprint density at radius 3 is 2.41 bits per heavy atom. The fourth-order valence-corrected chi connectivity index (χ4v) is 2.55. The van der Waals surface area contributed by atoms with Gasteiger partial charge in [-0.2, -0.15) is 0 Å². The van der Waals surface area contributed by atoms with Crippen LogP contribution in [-0.4, -0.2) is 32.9 Å². The molecule has 0 radical (unpaired) electrons. The average molecular weight is 327 g/mol. The molecule has 0 bridgehead atoms. The monoisotopic (exact) mass is 327 g/mol. The Bertz CT molecular complexity index is 640. The number of aryl methyl sites for hydroxylation is 1. The molecule has 0 aromatic heterocycles. The van der Waals surface area contributed by atoms with Crippen molar-refractivity contribution in [1.29, 1.82) is 0 Å². The Kier molecular flexibility index (Phi) is 6.32. The number of carbonyl (C=O) groups excluding carboxylic acids is 1. The molecule has 0 heterocycles. The minimum Gasteiger partial charge on any atom is -0.369 e. The number of nitrogens with one attached hydrogen (secondary N) is 1. The fraction of sp³-hybridized carbons (Fsp3) is 0.385. The van der Waals surface area contributed by atoms with Crippen LogP contribution in [0.25, 0.3) is 0 Å². The predicted octanol–water partition coefficient (Wildman–Crippen LogP) is -0.819. The molecule has 22 heavy (non-hydrogen) atoms. The van der Waals surface area contributed by atoms with Gasteiger partial charge in [-0.25, -0.2) is 13.1 Å². The van der Waals surface area contributed by atoms with Crippen molar-refractivity contribution in [2.24, 2.45) is 22.2 Å². The number of aliphatic imine (C=N–C) groups is 1. The number of nitrogens with zero attached hydrogens (tertiary/aromatic N) is 1. The van der Waals surface area contributed by atoms with Crippen molar-refractivity contribution in [3.8, 4) is 0 Å². The molecule has 0 aliphatic heterocycles. The SMILES string of the molecule is Cc1ccc(S(=O)(=O)NC(N)=NCCC[C@H](N)C(N)=O)cc1. The van der Waals surface area contributed by atoms with Crippen LogP contribution in [0.15, 0.2) is 34.2 Å². The lowest BCUT2D eigenvalue weighted by molar-refractivity contribution is -0.119. The largest absolute Gasteiger partial charge is 0.369 e. The van der Waals surface area contributed by atoms with Crippen LogP contribution < -0.4 is 21.9 Å². The number of nitrogens with two attached hydrogens (primary N) is 3. The summed E-state index contributed by atoms with van der Waals surface area (Å²) in [4.78, 5) is 14.7. The maximum absolute atomic E-state index is 12.0. The van der Waals surface area contributed by atoms with Gasteiger partial charge in [0.1, 0.15) is 0 Å². The summed E-state index contributed by atoms with van der Waals surface area (Å²) in [5.41, 5.74) is 17.0. The lowest BCUT2D eigenvalue weighted by Crippen LogP contribution is -2.37. The van der Waals surface area contributed by atoms with Crippen molar-refractivity contribution in [2.75, 3.05) is 6.54 Å². The first-order chi connectivity index (χ1) is 10.2. The number of sulfonamides is 1. The zero-order chi connectivity index (χ0) is 16.8. The number of guanidine groups is 1. The van der Waals surface area contributed by atoms with Crippen molar-refractivity contribution in [2.45, 2.75) is 30.7 Å². The second-order valence-corrected chi connectivity index (χ2v) is 6.52. The lowest BCUT2D eigenvalue weighted by Gasteiger charge is -2.08. The minimum atomic E-state index is -3.75. The minimum absolute atomic E-state index is 0.104. The molecule has 0 fully saturated rings. The average Bonchev–Trinajstić information content (AvgIpc) is 2.43. The van der Waals surface area contributed by atoms with E-state index in [-0.39, 0.29) is 17.4 Å². The van der Waals surface area contributed by atoms with E-state index in [9.17, 15) is 13.2 Å². The maximum atomic E-state index is 12.0. The van der Waals surface area contributed by atoms with Crippen molar-refractivity contribution in [1.82, 2.24) is 4.72 Å². The van der Waals surface area contributed by atoms with E-state index in [1.807, 2.05) is 6.92 Å². The normalized spacial score (nSPS) is 13.6. The molecule has 1 aromatic rings. The van der Waals surface area contributed by atoms with Gasteiger partial charge in [0.25, 0.3) is 10.0 Å². The fourth-order valence-electron chi connectivity index (χ4n) is 1.60. The van der Waals surface area contributed by atoms with E-state index in [4.69, 9.17) is 17.2 Å². The first-order valence-electron chi connectivity index (χ1n) is 6.66. The molecule has 1 rings (SSSR count). The van der Waals surface area contributed by atoms with Gasteiger partial charge in [0.15, 0.2) is 0 Å². The van der Waals surface area contributed by atoms with Crippen LogP contribution in [-0.2, 0) is 14.8 Å². The molecule has 0 aliphatic rings. The van der Waals surface area contributed by atoms with Crippen LogP contribution in [0.4, 0.5) is 0 Å². The lowest BCUT2D eigenvalue weighted by atomic mass is 10.1. The second kappa shape index (κ2) is 7.76. The van der Waals surface area contributed by atoms with Crippen LogP contribution in [0.2, 0.25) is 0 Å². The van der Waals surface area contributed by atoms with Crippen LogP contribution in [0, 0.1) is 6.92 Å². The number of hydrogen-bond donors (Lipinski definition) is 4. The molecule has 0 spiro atoms. The Morgan fingerprint density at radius 2 is 1.86 bits per heavy atom. The van der Waals surface area contributed by atoms with Gasteiger partial charge in [-0.3, -0.25) is 9.79 Å². The van der Waals surface area contributed by atoms with E-state index in [0.717, 1.165) is 5.56 Å². The van der Waals surface area contributed by atoms with Crippen molar-refractivity contribution in [3.05, 3.63) is 29.8 Å². The van der Waals surface area contributed by atoms with E-state index in [1.165, 1.54) is 12.1 Å². The van der Waals surface area contributed by atoms with Gasteiger partial charge in [0.2, 0.25) is 11.9 Å². The van der Waals surface area contributed by atoms with Crippen molar-refractivity contribution in [3.63, 3.8) is 0 Å². The predicted molar refractivity (Wildman–Crippen MR) is 84.4 cm³/mol. The van der Waals surface area contributed by atoms with E-state index < -0.39 is 22.0 Å². The highest BCUT2D eigenvalue weighted by atomic mass is 32.2. The quantitative estimate of drug-likeness (QED) is 0.293. The summed E-state index contributed by atoms with van der Waals surface area (Å²) in [7, 11) is -3.75. The molecule has 7 N–H and O–H groups in total. The second-order valence-electron chi connectivity index (χ2n) is 4.84. The highest BCUT2D eigenvalue weighted by Crippen LogP contribution is 2.09. The molecule has 1 atom stereocenters. The van der Waals surface area contributed by atoms with Crippen LogP contribution in [0.3, 0.4) is 0 Å². The molecule has 0 aliphatic carbocycles. The van der Waals surface area contributed by atoms with Crippen molar-refractivity contribution < 1.29 is 13.2 Å². The maximum Gasteiger partial charge on any atom is 0.264 e. The number of primary amides is 1. The van der Waals surface area contributed by atoms with E-state index in [1.54, 1.807) is 12.1 Å². The van der Waals surface area contributed by atoms with Crippen molar-refractivity contribution >= 4 is 21.9 Å². The molecule has 8 nitrogen and oxygen atoms in total. The topological polar surface area (TPSA) is 154 Å². The molecule has 122 valence electrons. The summed E-state index contributed by atoms with van der Waals surface area (Å²) in [5, 5.41) is 0. The summed E-state index contributed by atoms with van der Waals surface area (Å²) in [6.45, 7) is 2.10. The van der Waals surface area contributed by atoms with Gasteiger partial charge >= 0.3 is 0 Å². The zero-order valence-corrected chi connectivity index (χ0v) is 13.1. The number of amides is 1. The highest BCUT2D eigenvalue weighted by Gasteiger charge is 2.14. The summed E-state index contributed by atoms with van der Waals surface area (Å²) in [6, 6.07) is 5.61. The molecular weight excluding hydrogens is 306 g/mol. The molecule has 0 saturated heterocycles. The first-order valence-corrected chi connectivity index (χ1v) is 8.15. The van der Waals surface area contributed by atoms with E-state index in [2.05, 4.69) is 9.71 Å². The van der Waals surface area contributed by atoms with Crippen LogP contribution in [0.1, 0.15) is 18.4 Å². The van der Waals surface area contributed by atoms with E-state index >= 15 is 0 Å². The third-order valence-corrected chi connectivity index (χ3v) is 4.26. The molecular formula is C13H21N5O3S. The summed E-state index contributed by atoms with van der Waals surface area (Å²) in [5.74, 6) is -0.801.